The molecule has 1 N–H and O–H groups in total. The number of carbonyl (C=O) groups excluding carboxylic acids is 1. The minimum absolute atomic E-state index is 0.0639. The molecule has 0 radical (unpaired) electrons. The number of nitrogens with one attached hydrogen (secondary N) is 1. The van der Waals surface area contributed by atoms with Crippen molar-refractivity contribution in [2.45, 2.75) is 17.9 Å². The van der Waals surface area contributed by atoms with Crippen LogP contribution in [0.3, 0.4) is 0 Å². The molecule has 6 nitrogen and oxygen atoms in total. The Morgan fingerprint density at radius 3 is 2.54 bits per heavy atom. The third-order valence-electron chi connectivity index (χ3n) is 3.49. The SMILES string of the molecule is CSc1ccc(C(=O)NCCc2ccc(OC(F)F)cc2)cc1[N+](=O)[O-]. The molecule has 0 spiro atoms. The number of thioether (sulfide) groups is 1. The minimum Gasteiger partial charge on any atom is -0.435 e. The summed E-state index contributed by atoms with van der Waals surface area (Å²) in [5.41, 5.74) is 0.922. The topological polar surface area (TPSA) is 81.5 Å². The molecule has 0 aromatic heterocycles. The van der Waals surface area contributed by atoms with Gasteiger partial charge < -0.3 is 10.1 Å². The number of benzene rings is 2. The van der Waals surface area contributed by atoms with Crippen LogP contribution in [0.5, 0.6) is 5.75 Å². The predicted octanol–water partition coefficient (Wildman–Crippen LogP) is 3.89. The molecule has 2 rings (SSSR count). The molecule has 0 saturated carbocycles. The van der Waals surface area contributed by atoms with E-state index in [4.69, 9.17) is 0 Å². The Hall–Kier alpha value is -2.68. The van der Waals surface area contributed by atoms with Crippen LogP contribution in [-0.2, 0) is 6.42 Å². The number of nitro groups is 1. The second-order valence-electron chi connectivity index (χ2n) is 5.17. The van der Waals surface area contributed by atoms with Gasteiger partial charge in [0.25, 0.3) is 11.6 Å². The third kappa shape index (κ3) is 5.41. The zero-order valence-electron chi connectivity index (χ0n) is 13.8. The molecule has 0 aliphatic heterocycles. The van der Waals surface area contributed by atoms with E-state index in [2.05, 4.69) is 10.1 Å². The van der Waals surface area contributed by atoms with E-state index in [0.29, 0.717) is 17.9 Å². The maximum Gasteiger partial charge on any atom is 0.387 e. The molecule has 1 amide bonds. The lowest BCUT2D eigenvalue weighted by Gasteiger charge is -2.08. The Morgan fingerprint density at radius 1 is 1.27 bits per heavy atom. The molecular formula is C17H16F2N2O4S. The lowest BCUT2D eigenvalue weighted by Crippen LogP contribution is -2.25. The Bertz CT molecular complexity index is 785. The highest BCUT2D eigenvalue weighted by molar-refractivity contribution is 7.98. The molecule has 2 aromatic rings. The third-order valence-corrected chi connectivity index (χ3v) is 4.27. The second-order valence-corrected chi connectivity index (χ2v) is 6.02. The monoisotopic (exact) mass is 382 g/mol. The molecule has 0 heterocycles. The average molecular weight is 382 g/mol. The Morgan fingerprint density at radius 2 is 1.96 bits per heavy atom. The van der Waals surface area contributed by atoms with Crippen LogP contribution in [-0.4, -0.2) is 30.2 Å². The summed E-state index contributed by atoms with van der Waals surface area (Å²) in [6, 6.07) is 10.4. The van der Waals surface area contributed by atoms with Crippen molar-refractivity contribution in [1.82, 2.24) is 5.32 Å². The highest BCUT2D eigenvalue weighted by atomic mass is 32.2. The van der Waals surface area contributed by atoms with Crippen LogP contribution in [0.15, 0.2) is 47.4 Å². The lowest BCUT2D eigenvalue weighted by atomic mass is 10.1. The number of nitrogens with zero attached hydrogens (tertiary/aromatic N) is 1. The van der Waals surface area contributed by atoms with Gasteiger partial charge in [-0.05, 0) is 42.5 Å². The van der Waals surface area contributed by atoms with E-state index in [1.165, 1.54) is 36.0 Å². The second kappa shape index (κ2) is 9.14. The van der Waals surface area contributed by atoms with Gasteiger partial charge in [0.1, 0.15) is 5.75 Å². The van der Waals surface area contributed by atoms with Crippen molar-refractivity contribution in [2.75, 3.05) is 12.8 Å². The van der Waals surface area contributed by atoms with Crippen LogP contribution in [0.1, 0.15) is 15.9 Å². The van der Waals surface area contributed by atoms with Gasteiger partial charge in [-0.15, -0.1) is 11.8 Å². The molecule has 0 aliphatic rings. The van der Waals surface area contributed by atoms with Crippen molar-refractivity contribution in [3.63, 3.8) is 0 Å². The molecule has 0 fully saturated rings. The van der Waals surface area contributed by atoms with Crippen LogP contribution < -0.4 is 10.1 Å². The van der Waals surface area contributed by atoms with Crippen molar-refractivity contribution >= 4 is 23.4 Å². The first-order valence-electron chi connectivity index (χ1n) is 7.55. The van der Waals surface area contributed by atoms with Crippen molar-refractivity contribution in [3.8, 4) is 5.75 Å². The van der Waals surface area contributed by atoms with Gasteiger partial charge in [-0.2, -0.15) is 8.78 Å². The van der Waals surface area contributed by atoms with E-state index in [-0.39, 0.29) is 17.0 Å². The van der Waals surface area contributed by atoms with Gasteiger partial charge in [0.2, 0.25) is 0 Å². The maximum atomic E-state index is 12.1. The van der Waals surface area contributed by atoms with E-state index < -0.39 is 17.4 Å². The normalized spacial score (nSPS) is 10.6. The standard InChI is InChI=1S/C17H16F2N2O4S/c1-26-15-7-4-12(10-14(15)21(23)24)16(22)20-9-8-11-2-5-13(6-3-11)25-17(18)19/h2-7,10,17H,8-9H2,1H3,(H,20,22). The fourth-order valence-electron chi connectivity index (χ4n) is 2.23. The van der Waals surface area contributed by atoms with Gasteiger partial charge in [0, 0.05) is 18.2 Å². The van der Waals surface area contributed by atoms with Crippen molar-refractivity contribution in [2.24, 2.45) is 0 Å². The van der Waals surface area contributed by atoms with Crippen molar-refractivity contribution in [3.05, 3.63) is 63.7 Å². The predicted molar refractivity (Wildman–Crippen MR) is 94.0 cm³/mol. The first-order chi connectivity index (χ1) is 12.4. The van der Waals surface area contributed by atoms with E-state index in [1.54, 1.807) is 24.5 Å². The van der Waals surface area contributed by atoms with Gasteiger partial charge >= 0.3 is 6.61 Å². The van der Waals surface area contributed by atoms with Gasteiger partial charge in [-0.25, -0.2) is 0 Å². The van der Waals surface area contributed by atoms with E-state index in [9.17, 15) is 23.7 Å². The summed E-state index contributed by atoms with van der Waals surface area (Å²) >= 11 is 1.23. The van der Waals surface area contributed by atoms with E-state index >= 15 is 0 Å². The summed E-state index contributed by atoms with van der Waals surface area (Å²) in [5, 5.41) is 13.7. The number of carbonyl (C=O) groups is 1. The molecular weight excluding hydrogens is 366 g/mol. The number of halogens is 2. The maximum absolute atomic E-state index is 12.1. The quantitative estimate of drug-likeness (QED) is 0.426. The van der Waals surface area contributed by atoms with Gasteiger partial charge in [-0.3, -0.25) is 14.9 Å². The van der Waals surface area contributed by atoms with Crippen molar-refractivity contribution < 1.29 is 23.2 Å². The molecule has 2 aromatic carbocycles. The fourth-order valence-corrected chi connectivity index (χ4v) is 2.78. The van der Waals surface area contributed by atoms with Gasteiger partial charge in [-0.1, -0.05) is 12.1 Å². The first kappa shape index (κ1) is 19.6. The summed E-state index contributed by atoms with van der Waals surface area (Å²) in [6.45, 7) is -2.58. The summed E-state index contributed by atoms with van der Waals surface area (Å²) < 4.78 is 28.4. The van der Waals surface area contributed by atoms with E-state index in [1.807, 2.05) is 0 Å². The van der Waals surface area contributed by atoms with Crippen LogP contribution in [0.2, 0.25) is 0 Å². The molecule has 9 heteroatoms. The van der Waals surface area contributed by atoms with Gasteiger partial charge in [0.05, 0.1) is 9.82 Å². The number of nitro benzene ring substituents is 1. The number of ether oxygens (including phenoxy) is 1. The van der Waals surface area contributed by atoms with Crippen molar-refractivity contribution in [1.29, 1.82) is 0 Å². The Kier molecular flexibility index (Phi) is 6.90. The number of rotatable bonds is 8. The number of amides is 1. The Balaban J connectivity index is 1.92. The number of hydrogen-bond acceptors (Lipinski definition) is 5. The molecule has 138 valence electrons. The highest BCUT2D eigenvalue weighted by Gasteiger charge is 2.16. The average Bonchev–Trinajstić information content (AvgIpc) is 2.62. The summed E-state index contributed by atoms with van der Waals surface area (Å²) in [7, 11) is 0. The fraction of sp³-hybridized carbons (Fsp3) is 0.235. The summed E-state index contributed by atoms with van der Waals surface area (Å²) in [6.07, 6.45) is 2.20. The zero-order chi connectivity index (χ0) is 19.1. The molecule has 0 atom stereocenters. The molecule has 26 heavy (non-hydrogen) atoms. The zero-order valence-corrected chi connectivity index (χ0v) is 14.6. The largest absolute Gasteiger partial charge is 0.435 e. The lowest BCUT2D eigenvalue weighted by molar-refractivity contribution is -0.387. The Labute approximate surface area is 152 Å². The minimum atomic E-state index is -2.87. The van der Waals surface area contributed by atoms with Crippen LogP contribution in [0, 0.1) is 10.1 Å². The van der Waals surface area contributed by atoms with E-state index in [0.717, 1.165) is 5.56 Å². The molecule has 0 bridgehead atoms. The molecule has 0 aliphatic carbocycles. The summed E-state index contributed by atoms with van der Waals surface area (Å²) in [5.74, 6) is -0.354. The smallest absolute Gasteiger partial charge is 0.387 e. The van der Waals surface area contributed by atoms with Crippen LogP contribution in [0.4, 0.5) is 14.5 Å². The number of hydrogen-bond donors (Lipinski definition) is 1. The van der Waals surface area contributed by atoms with Crippen LogP contribution >= 0.6 is 11.8 Å². The number of alkyl halides is 2. The highest BCUT2D eigenvalue weighted by Crippen LogP contribution is 2.28. The van der Waals surface area contributed by atoms with Gasteiger partial charge in [0.15, 0.2) is 0 Å². The first-order valence-corrected chi connectivity index (χ1v) is 8.77. The molecule has 0 saturated heterocycles. The van der Waals surface area contributed by atoms with Crippen LogP contribution in [0.25, 0.3) is 0 Å². The summed E-state index contributed by atoms with van der Waals surface area (Å²) in [4.78, 5) is 23.2. The molecule has 0 unspecified atom stereocenters.